The summed E-state index contributed by atoms with van der Waals surface area (Å²) in [6.45, 7) is 3.32. The lowest BCUT2D eigenvalue weighted by Crippen LogP contribution is -2.32. The quantitative estimate of drug-likeness (QED) is 0.893. The Hall–Kier alpha value is -1.62. The van der Waals surface area contributed by atoms with Crippen molar-refractivity contribution in [3.8, 4) is 5.75 Å². The van der Waals surface area contributed by atoms with Crippen molar-refractivity contribution in [2.24, 2.45) is 5.73 Å². The monoisotopic (exact) mass is 280 g/mol. The Morgan fingerprint density at radius 3 is 2.75 bits per heavy atom. The van der Waals surface area contributed by atoms with Gasteiger partial charge in [0.2, 0.25) is 0 Å². The maximum atomic E-state index is 13.8. The highest BCUT2D eigenvalue weighted by atomic mass is 19.1. The molecule has 0 aromatic heterocycles. The third-order valence-electron chi connectivity index (χ3n) is 3.36. The van der Waals surface area contributed by atoms with Gasteiger partial charge in [0.25, 0.3) is 5.91 Å². The molecule has 1 fully saturated rings. The maximum absolute atomic E-state index is 13.8. The topological polar surface area (TPSA) is 55.6 Å². The van der Waals surface area contributed by atoms with Crippen molar-refractivity contribution in [2.75, 3.05) is 19.7 Å². The third kappa shape index (κ3) is 3.93. The summed E-state index contributed by atoms with van der Waals surface area (Å²) in [5.41, 5.74) is 6.51. The normalized spacial score (nSPS) is 16.2. The number of hydrogen-bond donors (Lipinski definition) is 1. The summed E-state index contributed by atoms with van der Waals surface area (Å²) >= 11 is 0. The number of rotatable bonds is 5. The highest BCUT2D eigenvalue weighted by molar-refractivity contribution is 5.78. The van der Waals surface area contributed by atoms with E-state index in [0.717, 1.165) is 31.5 Å². The molecule has 0 bridgehead atoms. The minimum absolute atomic E-state index is 0.0158. The number of nitrogens with zero attached hydrogens (tertiary/aromatic N) is 1. The Labute approximate surface area is 118 Å². The summed E-state index contributed by atoms with van der Waals surface area (Å²) < 4.78 is 19.1. The SMILES string of the molecule is CC(N)Cc1ccc(OCC(=O)N2CCCC2)c(F)c1. The van der Waals surface area contributed by atoms with Gasteiger partial charge in [-0.2, -0.15) is 0 Å². The molecule has 5 heteroatoms. The van der Waals surface area contributed by atoms with E-state index >= 15 is 0 Å². The van der Waals surface area contributed by atoms with Gasteiger partial charge in [0, 0.05) is 19.1 Å². The molecule has 1 amide bonds. The summed E-state index contributed by atoms with van der Waals surface area (Å²) in [6, 6.07) is 4.74. The van der Waals surface area contributed by atoms with Crippen molar-refractivity contribution in [3.63, 3.8) is 0 Å². The number of amides is 1. The van der Waals surface area contributed by atoms with Crippen LogP contribution in [0.4, 0.5) is 4.39 Å². The second kappa shape index (κ2) is 6.70. The highest BCUT2D eigenvalue weighted by Crippen LogP contribution is 2.19. The van der Waals surface area contributed by atoms with Crippen LogP contribution in [-0.4, -0.2) is 36.5 Å². The summed E-state index contributed by atoms with van der Waals surface area (Å²) in [5.74, 6) is -0.412. The van der Waals surface area contributed by atoms with E-state index < -0.39 is 5.82 Å². The number of halogens is 1. The number of benzene rings is 1. The minimum atomic E-state index is -0.447. The third-order valence-corrected chi connectivity index (χ3v) is 3.36. The van der Waals surface area contributed by atoms with Crippen LogP contribution in [0.5, 0.6) is 5.75 Å². The summed E-state index contributed by atoms with van der Waals surface area (Å²) in [5, 5.41) is 0. The molecule has 20 heavy (non-hydrogen) atoms. The van der Waals surface area contributed by atoms with Crippen LogP contribution in [0.25, 0.3) is 0 Å². The van der Waals surface area contributed by atoms with E-state index in [2.05, 4.69) is 0 Å². The second-order valence-corrected chi connectivity index (χ2v) is 5.32. The number of ether oxygens (including phenoxy) is 1. The molecule has 0 radical (unpaired) electrons. The lowest BCUT2D eigenvalue weighted by molar-refractivity contribution is -0.132. The van der Waals surface area contributed by atoms with Gasteiger partial charge in [0.15, 0.2) is 18.2 Å². The van der Waals surface area contributed by atoms with Gasteiger partial charge in [-0.05, 0) is 43.9 Å². The molecule has 1 heterocycles. The smallest absolute Gasteiger partial charge is 0.260 e. The van der Waals surface area contributed by atoms with Crippen LogP contribution in [0.15, 0.2) is 18.2 Å². The van der Waals surface area contributed by atoms with E-state index in [1.54, 1.807) is 17.0 Å². The van der Waals surface area contributed by atoms with Crippen LogP contribution in [0.1, 0.15) is 25.3 Å². The largest absolute Gasteiger partial charge is 0.481 e. The molecular weight excluding hydrogens is 259 g/mol. The minimum Gasteiger partial charge on any atom is -0.481 e. The van der Waals surface area contributed by atoms with Gasteiger partial charge >= 0.3 is 0 Å². The number of likely N-dealkylation sites (tertiary alicyclic amines) is 1. The van der Waals surface area contributed by atoms with Gasteiger partial charge < -0.3 is 15.4 Å². The number of nitrogens with two attached hydrogens (primary N) is 1. The molecule has 2 rings (SSSR count). The summed E-state index contributed by atoms with van der Waals surface area (Å²) in [7, 11) is 0. The first-order chi connectivity index (χ1) is 9.56. The van der Waals surface area contributed by atoms with Gasteiger partial charge in [0.05, 0.1) is 0 Å². The van der Waals surface area contributed by atoms with Gasteiger partial charge in [0.1, 0.15) is 0 Å². The molecule has 0 saturated carbocycles. The van der Waals surface area contributed by atoms with E-state index in [-0.39, 0.29) is 24.3 Å². The van der Waals surface area contributed by atoms with Crippen LogP contribution in [0.3, 0.4) is 0 Å². The zero-order chi connectivity index (χ0) is 14.5. The Bertz CT molecular complexity index is 471. The van der Waals surface area contributed by atoms with Crippen molar-refractivity contribution in [2.45, 2.75) is 32.2 Å². The summed E-state index contributed by atoms with van der Waals surface area (Å²) in [6.07, 6.45) is 2.68. The predicted molar refractivity (Wildman–Crippen MR) is 75.1 cm³/mol. The fourth-order valence-electron chi connectivity index (χ4n) is 2.36. The van der Waals surface area contributed by atoms with Crippen LogP contribution >= 0.6 is 0 Å². The fraction of sp³-hybridized carbons (Fsp3) is 0.533. The van der Waals surface area contributed by atoms with Crippen molar-refractivity contribution in [1.29, 1.82) is 0 Å². The van der Waals surface area contributed by atoms with Gasteiger partial charge in [-0.15, -0.1) is 0 Å². The van der Waals surface area contributed by atoms with Crippen molar-refractivity contribution < 1.29 is 13.9 Å². The van der Waals surface area contributed by atoms with Crippen LogP contribution < -0.4 is 10.5 Å². The average Bonchev–Trinajstić information content (AvgIpc) is 2.90. The summed E-state index contributed by atoms with van der Waals surface area (Å²) in [4.78, 5) is 13.6. The second-order valence-electron chi connectivity index (χ2n) is 5.32. The van der Waals surface area contributed by atoms with Crippen LogP contribution in [-0.2, 0) is 11.2 Å². The van der Waals surface area contributed by atoms with E-state index in [1.807, 2.05) is 6.92 Å². The predicted octanol–water partition coefficient (Wildman–Crippen LogP) is 1.72. The average molecular weight is 280 g/mol. The Morgan fingerprint density at radius 1 is 1.45 bits per heavy atom. The zero-order valence-corrected chi connectivity index (χ0v) is 11.8. The number of hydrogen-bond acceptors (Lipinski definition) is 3. The van der Waals surface area contributed by atoms with Crippen LogP contribution in [0, 0.1) is 5.82 Å². The molecule has 1 aliphatic rings. The first kappa shape index (κ1) is 14.8. The molecular formula is C15H21FN2O2. The van der Waals surface area contributed by atoms with Crippen LogP contribution in [0.2, 0.25) is 0 Å². The Balaban J connectivity index is 1.90. The van der Waals surface area contributed by atoms with E-state index in [0.29, 0.717) is 6.42 Å². The van der Waals surface area contributed by atoms with Gasteiger partial charge in [-0.25, -0.2) is 4.39 Å². The number of carbonyl (C=O) groups is 1. The molecule has 0 aliphatic carbocycles. The molecule has 1 unspecified atom stereocenters. The van der Waals surface area contributed by atoms with E-state index in [1.165, 1.54) is 6.07 Å². The molecule has 0 spiro atoms. The van der Waals surface area contributed by atoms with Crippen molar-refractivity contribution >= 4 is 5.91 Å². The molecule has 4 nitrogen and oxygen atoms in total. The Morgan fingerprint density at radius 2 is 2.15 bits per heavy atom. The molecule has 1 aromatic rings. The molecule has 1 aromatic carbocycles. The standard InChI is InChI=1S/C15H21FN2O2/c1-11(17)8-12-4-5-14(13(16)9-12)20-10-15(19)18-6-2-3-7-18/h4-5,9,11H,2-3,6-8,10,17H2,1H3. The van der Waals surface area contributed by atoms with E-state index in [9.17, 15) is 9.18 Å². The van der Waals surface area contributed by atoms with E-state index in [4.69, 9.17) is 10.5 Å². The number of carbonyl (C=O) groups excluding carboxylic acids is 1. The molecule has 110 valence electrons. The molecule has 1 saturated heterocycles. The molecule has 2 N–H and O–H groups in total. The van der Waals surface area contributed by atoms with Crippen molar-refractivity contribution in [3.05, 3.63) is 29.6 Å². The van der Waals surface area contributed by atoms with Gasteiger partial charge in [-0.1, -0.05) is 6.07 Å². The lowest BCUT2D eigenvalue weighted by atomic mass is 10.1. The lowest BCUT2D eigenvalue weighted by Gasteiger charge is -2.16. The zero-order valence-electron chi connectivity index (χ0n) is 11.8. The Kier molecular flexibility index (Phi) is 4.95. The maximum Gasteiger partial charge on any atom is 0.260 e. The fourth-order valence-corrected chi connectivity index (χ4v) is 2.36. The molecule has 1 atom stereocenters. The first-order valence-electron chi connectivity index (χ1n) is 7.01. The highest BCUT2D eigenvalue weighted by Gasteiger charge is 2.18. The van der Waals surface area contributed by atoms with Crippen molar-refractivity contribution in [1.82, 2.24) is 4.90 Å². The molecule has 1 aliphatic heterocycles. The van der Waals surface area contributed by atoms with Gasteiger partial charge in [-0.3, -0.25) is 4.79 Å². The first-order valence-corrected chi connectivity index (χ1v) is 7.01.